The van der Waals surface area contributed by atoms with E-state index in [0.717, 1.165) is 18.2 Å². The van der Waals surface area contributed by atoms with Gasteiger partial charge in [0, 0.05) is 35.8 Å². The Hall–Kier alpha value is -1.64. The minimum absolute atomic E-state index is 0.0537. The molecule has 0 unspecified atom stereocenters. The molecular formula is C26H36BBrF2O4. The molecule has 34 heavy (non-hydrogen) atoms. The van der Waals surface area contributed by atoms with E-state index in [1.165, 1.54) is 18.2 Å². The van der Waals surface area contributed by atoms with Crippen LogP contribution in [0.2, 0.25) is 0 Å². The standard InChI is InChI=1S/C16H24BFO3.C10H12BrFO/c1-11(2)10-19-14-8-12(7-13(18)9-14)17-20-15(3,4)16(5,6)21-17;1-7(2)6-13-10-4-8(11)3-9(12)5-10/h7-9,11H,10H2,1-6H3;3-5,7H,6H2,1-2H3/i1D3,2D3,11D;1D3,2D3,7D. The average Bonchev–Trinajstić information content (AvgIpc) is 3.09. The number of rotatable bonds is 7. The van der Waals surface area contributed by atoms with Crippen LogP contribution in [0.3, 0.4) is 0 Å². The van der Waals surface area contributed by atoms with E-state index in [1.54, 1.807) is 0 Å². The Morgan fingerprint density at radius 2 is 1.32 bits per heavy atom. The highest BCUT2D eigenvalue weighted by Gasteiger charge is 2.51. The third kappa shape index (κ3) is 8.54. The first kappa shape index (κ1) is 14.2. The second kappa shape index (κ2) is 11.9. The zero-order valence-electron chi connectivity index (χ0n) is 33.2. The predicted molar refractivity (Wildman–Crippen MR) is 137 cm³/mol. The van der Waals surface area contributed by atoms with E-state index in [0.29, 0.717) is 9.94 Å². The third-order valence-corrected chi connectivity index (χ3v) is 5.48. The van der Waals surface area contributed by atoms with Crippen molar-refractivity contribution in [2.75, 3.05) is 13.2 Å². The Balaban J connectivity index is 0.000000353. The van der Waals surface area contributed by atoms with Crippen LogP contribution in [0.25, 0.3) is 0 Å². The summed E-state index contributed by atoms with van der Waals surface area (Å²) in [5.41, 5.74) is -1.000. The molecular weight excluding hydrogens is 505 g/mol. The Morgan fingerprint density at radius 1 is 0.853 bits per heavy atom. The molecule has 0 aromatic heterocycles. The van der Waals surface area contributed by atoms with Crippen LogP contribution in [0, 0.1) is 23.4 Å². The minimum atomic E-state index is -3.12. The molecule has 1 saturated heterocycles. The highest BCUT2D eigenvalue weighted by Crippen LogP contribution is 2.36. The first-order valence-electron chi connectivity index (χ1n) is 17.1. The average molecular weight is 555 g/mol. The molecule has 1 aliphatic rings. The van der Waals surface area contributed by atoms with Gasteiger partial charge in [-0.25, -0.2) is 8.78 Å². The van der Waals surface area contributed by atoms with Gasteiger partial charge in [-0.1, -0.05) is 43.3 Å². The molecule has 0 amide bonds. The van der Waals surface area contributed by atoms with E-state index in [9.17, 15) is 8.78 Å². The Bertz CT molecular complexity index is 1370. The van der Waals surface area contributed by atoms with E-state index in [1.807, 2.05) is 27.7 Å². The Morgan fingerprint density at radius 3 is 1.79 bits per heavy atom. The van der Waals surface area contributed by atoms with Crippen LogP contribution in [0.5, 0.6) is 11.5 Å². The normalized spacial score (nSPS) is 24.6. The molecule has 0 saturated carbocycles. The highest BCUT2D eigenvalue weighted by molar-refractivity contribution is 9.10. The number of ether oxygens (including phenoxy) is 2. The zero-order chi connectivity index (χ0) is 37.5. The van der Waals surface area contributed by atoms with Crippen molar-refractivity contribution < 1.29 is 46.8 Å². The van der Waals surface area contributed by atoms with Crippen LogP contribution >= 0.6 is 15.9 Å². The lowest BCUT2D eigenvalue weighted by Gasteiger charge is -2.32. The zero-order valence-corrected chi connectivity index (χ0v) is 20.8. The van der Waals surface area contributed by atoms with Crippen molar-refractivity contribution in [2.24, 2.45) is 11.8 Å². The van der Waals surface area contributed by atoms with E-state index in [2.05, 4.69) is 15.9 Å². The van der Waals surface area contributed by atoms with Crippen molar-refractivity contribution in [3.05, 3.63) is 52.5 Å². The summed E-state index contributed by atoms with van der Waals surface area (Å²) in [6.45, 7) is -6.90. The summed E-state index contributed by atoms with van der Waals surface area (Å²) in [6, 6.07) is 7.04. The maximum atomic E-state index is 14.1. The van der Waals surface area contributed by atoms with Crippen LogP contribution in [-0.4, -0.2) is 31.5 Å². The molecule has 1 heterocycles. The molecule has 1 aliphatic heterocycles. The van der Waals surface area contributed by atoms with Gasteiger partial charge in [-0.3, -0.25) is 0 Å². The smallest absolute Gasteiger partial charge is 0.493 e. The molecule has 1 fully saturated rings. The summed E-state index contributed by atoms with van der Waals surface area (Å²) in [5, 5.41) is 0. The number of halogens is 3. The maximum Gasteiger partial charge on any atom is 0.495 e. The van der Waals surface area contributed by atoms with E-state index in [-0.39, 0.29) is 11.5 Å². The maximum absolute atomic E-state index is 14.1. The molecule has 0 aliphatic carbocycles. The van der Waals surface area contributed by atoms with Crippen LogP contribution < -0.4 is 14.9 Å². The van der Waals surface area contributed by atoms with Gasteiger partial charge < -0.3 is 18.8 Å². The van der Waals surface area contributed by atoms with E-state index >= 15 is 0 Å². The molecule has 8 heteroatoms. The fourth-order valence-corrected chi connectivity index (χ4v) is 3.15. The second-order valence-corrected chi connectivity index (χ2v) is 9.36. The summed E-state index contributed by atoms with van der Waals surface area (Å²) in [4.78, 5) is 0. The van der Waals surface area contributed by atoms with Gasteiger partial charge >= 0.3 is 7.12 Å². The lowest BCUT2D eigenvalue weighted by molar-refractivity contribution is 0.00578. The summed E-state index contributed by atoms with van der Waals surface area (Å²) in [5.74, 6) is -7.15. The van der Waals surface area contributed by atoms with Crippen LogP contribution in [0.1, 0.15) is 74.3 Å². The largest absolute Gasteiger partial charge is 0.495 e. The van der Waals surface area contributed by atoms with Crippen molar-refractivity contribution in [1.82, 2.24) is 0 Å². The molecule has 0 spiro atoms. The van der Waals surface area contributed by atoms with Crippen molar-refractivity contribution in [3.63, 3.8) is 0 Å². The fraction of sp³-hybridized carbons (Fsp3) is 0.538. The predicted octanol–water partition coefficient (Wildman–Crippen LogP) is 6.78. The van der Waals surface area contributed by atoms with Gasteiger partial charge in [0.25, 0.3) is 0 Å². The van der Waals surface area contributed by atoms with Crippen molar-refractivity contribution in [3.8, 4) is 11.5 Å². The molecule has 2 aromatic carbocycles. The quantitative estimate of drug-likeness (QED) is 0.353. The number of hydrogen-bond donors (Lipinski definition) is 0. The summed E-state index contributed by atoms with van der Waals surface area (Å²) < 4.78 is 153. The first-order chi connectivity index (χ1) is 21.3. The molecule has 0 bridgehead atoms. The molecule has 3 rings (SSSR count). The van der Waals surface area contributed by atoms with Crippen molar-refractivity contribution in [2.45, 2.75) is 66.3 Å². The topological polar surface area (TPSA) is 36.9 Å². The molecule has 2 aromatic rings. The Labute approximate surface area is 231 Å². The van der Waals surface area contributed by atoms with Crippen LogP contribution in [-0.2, 0) is 9.31 Å². The summed E-state index contributed by atoms with van der Waals surface area (Å²) in [6.07, 6.45) is 0. The molecule has 188 valence electrons. The van der Waals surface area contributed by atoms with E-state index < -0.39 is 82.4 Å². The first-order valence-corrected chi connectivity index (χ1v) is 10.9. The molecule has 4 nitrogen and oxygen atoms in total. The van der Waals surface area contributed by atoms with E-state index in [4.69, 9.17) is 38.0 Å². The fourth-order valence-electron chi connectivity index (χ4n) is 2.71. The van der Waals surface area contributed by atoms with Gasteiger partial charge in [0.1, 0.15) is 23.1 Å². The van der Waals surface area contributed by atoms with Crippen molar-refractivity contribution >= 4 is 28.5 Å². The van der Waals surface area contributed by atoms with Gasteiger partial charge in [0.05, 0.1) is 24.4 Å². The Kier molecular flexibility index (Phi) is 4.95. The van der Waals surface area contributed by atoms with Crippen molar-refractivity contribution in [1.29, 1.82) is 0 Å². The number of benzene rings is 2. The SMILES string of the molecule is [2H]C([2H])([2H])C([2H])(COc1cc(F)cc(B2OC(C)(C)C(C)(C)O2)c1)C([2H])([2H])[2H].[2H]C([2H])([2H])C([2H])(COc1cc(F)cc(Br)c1)C([2H])([2H])[2H]. The van der Waals surface area contributed by atoms with Gasteiger partial charge in [-0.2, -0.15) is 0 Å². The second-order valence-electron chi connectivity index (χ2n) is 8.45. The van der Waals surface area contributed by atoms with Gasteiger partial charge in [0.2, 0.25) is 0 Å². The monoisotopic (exact) mass is 554 g/mol. The minimum Gasteiger partial charge on any atom is -0.493 e. The van der Waals surface area contributed by atoms with Gasteiger partial charge in [-0.05, 0) is 69.2 Å². The molecule has 0 atom stereocenters. The molecule has 0 N–H and O–H groups in total. The third-order valence-electron chi connectivity index (χ3n) is 5.02. The van der Waals surface area contributed by atoms with Crippen LogP contribution in [0.4, 0.5) is 8.78 Å². The lowest BCUT2D eigenvalue weighted by Crippen LogP contribution is -2.41. The number of hydrogen-bond acceptors (Lipinski definition) is 4. The van der Waals surface area contributed by atoms with Crippen LogP contribution in [0.15, 0.2) is 40.9 Å². The summed E-state index contributed by atoms with van der Waals surface area (Å²) >= 11 is 3.02. The van der Waals surface area contributed by atoms with Gasteiger partial charge in [0.15, 0.2) is 0 Å². The summed E-state index contributed by atoms with van der Waals surface area (Å²) in [7, 11) is -0.881. The molecule has 0 radical (unpaired) electrons. The van der Waals surface area contributed by atoms with Gasteiger partial charge in [-0.15, -0.1) is 0 Å². The highest BCUT2D eigenvalue weighted by atomic mass is 79.9. The lowest BCUT2D eigenvalue weighted by atomic mass is 9.79.